The number of fused-ring (bicyclic) bond motifs is 1. The van der Waals surface area contributed by atoms with E-state index in [1.54, 1.807) is 25.3 Å². The largest absolute Gasteiger partial charge is 0.493 e. The molecule has 1 N–H and O–H groups in total. The lowest BCUT2D eigenvalue weighted by Gasteiger charge is -2.38. The quantitative estimate of drug-likeness (QED) is 0.454. The van der Waals surface area contributed by atoms with Gasteiger partial charge in [-0.05, 0) is 43.9 Å². The highest BCUT2D eigenvalue weighted by Crippen LogP contribution is 2.37. The van der Waals surface area contributed by atoms with Crippen molar-refractivity contribution in [2.75, 3.05) is 45.8 Å². The van der Waals surface area contributed by atoms with Gasteiger partial charge in [0.05, 0.1) is 42.7 Å². The third-order valence-electron chi connectivity index (χ3n) is 7.19. The van der Waals surface area contributed by atoms with Crippen molar-refractivity contribution in [3.8, 4) is 11.5 Å². The van der Waals surface area contributed by atoms with E-state index in [0.717, 1.165) is 25.7 Å². The van der Waals surface area contributed by atoms with Crippen LogP contribution in [0.15, 0.2) is 36.7 Å². The Morgan fingerprint density at radius 3 is 2.66 bits per heavy atom. The molecule has 0 spiro atoms. The number of nitrogens with zero attached hydrogens (tertiary/aromatic N) is 4. The second-order valence-electron chi connectivity index (χ2n) is 9.51. The number of halogens is 2. The van der Waals surface area contributed by atoms with E-state index in [2.05, 4.69) is 15.3 Å². The fourth-order valence-electron chi connectivity index (χ4n) is 5.01. The van der Waals surface area contributed by atoms with Crippen molar-refractivity contribution < 1.29 is 23.4 Å². The van der Waals surface area contributed by atoms with Gasteiger partial charge in [0.25, 0.3) is 0 Å². The number of benzene rings is 2. The SMILES string of the molecule is COc1cc2ncnc(Nc3cccc(Cl)c3F)c2cc1O[C@H]1CC[C@H](N(C)C(=O)N2CCOCC2)CC1. The Hall–Kier alpha value is -3.37. The van der Waals surface area contributed by atoms with Gasteiger partial charge in [-0.25, -0.2) is 19.2 Å². The first-order chi connectivity index (χ1) is 18.4. The molecule has 2 aromatic carbocycles. The van der Waals surface area contributed by atoms with Gasteiger partial charge in [0.1, 0.15) is 12.1 Å². The van der Waals surface area contributed by atoms with Crippen LogP contribution in [-0.2, 0) is 4.74 Å². The molecule has 38 heavy (non-hydrogen) atoms. The Morgan fingerprint density at radius 1 is 1.16 bits per heavy atom. The standard InChI is InChI=1S/C27H31ClFN5O4/c1-33(27(35)34-10-12-37-13-11-34)17-6-8-18(9-7-17)38-24-14-19-22(15-23(24)36-2)30-16-31-26(19)32-21-5-3-4-20(28)25(21)29/h3-5,14-18H,6-13H2,1-2H3,(H,30,31,32)/t17-,18-. The summed E-state index contributed by atoms with van der Waals surface area (Å²) in [6.45, 7) is 2.44. The van der Waals surface area contributed by atoms with Gasteiger partial charge < -0.3 is 29.3 Å². The number of aromatic nitrogens is 2. The van der Waals surface area contributed by atoms with Gasteiger partial charge in [-0.1, -0.05) is 17.7 Å². The zero-order valence-corrected chi connectivity index (χ0v) is 22.2. The smallest absolute Gasteiger partial charge is 0.320 e. The van der Waals surface area contributed by atoms with Crippen molar-refractivity contribution in [2.45, 2.75) is 37.8 Å². The fourth-order valence-corrected chi connectivity index (χ4v) is 5.18. The molecule has 11 heteroatoms. The van der Waals surface area contributed by atoms with E-state index in [9.17, 15) is 9.18 Å². The molecule has 2 fully saturated rings. The maximum Gasteiger partial charge on any atom is 0.320 e. The van der Waals surface area contributed by atoms with Crippen molar-refractivity contribution in [3.63, 3.8) is 0 Å². The number of carbonyl (C=O) groups excluding carboxylic acids is 1. The molecule has 1 aromatic heterocycles. The van der Waals surface area contributed by atoms with Crippen LogP contribution in [0.25, 0.3) is 10.9 Å². The molecular weight excluding hydrogens is 513 g/mol. The van der Waals surface area contributed by atoms with Gasteiger partial charge in [0.15, 0.2) is 17.3 Å². The number of hydrogen-bond acceptors (Lipinski definition) is 7. The highest BCUT2D eigenvalue weighted by atomic mass is 35.5. The minimum absolute atomic E-state index is 0.0203. The zero-order valence-electron chi connectivity index (χ0n) is 21.5. The predicted molar refractivity (Wildman–Crippen MR) is 143 cm³/mol. The maximum absolute atomic E-state index is 14.5. The summed E-state index contributed by atoms with van der Waals surface area (Å²) in [5, 5.41) is 3.70. The molecule has 2 aliphatic rings. The predicted octanol–water partition coefficient (Wildman–Crippen LogP) is 5.25. The highest BCUT2D eigenvalue weighted by molar-refractivity contribution is 6.31. The zero-order chi connectivity index (χ0) is 26.6. The first-order valence-corrected chi connectivity index (χ1v) is 13.1. The minimum atomic E-state index is -0.556. The number of rotatable bonds is 6. The van der Waals surface area contributed by atoms with Crippen molar-refractivity contribution in [2.24, 2.45) is 0 Å². The normalized spacial score (nSPS) is 19.7. The Labute approximate surface area is 225 Å². The number of nitrogens with one attached hydrogen (secondary N) is 1. The molecule has 0 atom stereocenters. The summed E-state index contributed by atoms with van der Waals surface area (Å²) in [6.07, 6.45) is 4.67. The van der Waals surface area contributed by atoms with Crippen molar-refractivity contribution in [1.82, 2.24) is 19.8 Å². The van der Waals surface area contributed by atoms with E-state index < -0.39 is 5.82 Å². The molecule has 0 radical (unpaired) electrons. The van der Waals surface area contributed by atoms with Crippen LogP contribution in [0.1, 0.15) is 25.7 Å². The van der Waals surface area contributed by atoms with E-state index in [0.29, 0.717) is 54.5 Å². The number of anilines is 2. The van der Waals surface area contributed by atoms with Gasteiger partial charge in [-0.15, -0.1) is 0 Å². The molecule has 0 unspecified atom stereocenters. The minimum Gasteiger partial charge on any atom is -0.493 e. The number of hydrogen-bond donors (Lipinski definition) is 1. The highest BCUT2D eigenvalue weighted by Gasteiger charge is 2.30. The molecule has 9 nitrogen and oxygen atoms in total. The average Bonchev–Trinajstić information content (AvgIpc) is 2.95. The summed E-state index contributed by atoms with van der Waals surface area (Å²) >= 11 is 5.94. The summed E-state index contributed by atoms with van der Waals surface area (Å²) < 4.78 is 31.9. The summed E-state index contributed by atoms with van der Waals surface area (Å²) in [7, 11) is 3.46. The first-order valence-electron chi connectivity index (χ1n) is 12.7. The van der Waals surface area contributed by atoms with E-state index in [1.165, 1.54) is 12.4 Å². The Kier molecular flexibility index (Phi) is 7.99. The van der Waals surface area contributed by atoms with E-state index >= 15 is 0 Å². The van der Waals surface area contributed by atoms with Crippen LogP contribution in [-0.4, -0.2) is 78.4 Å². The molecule has 1 saturated heterocycles. The summed E-state index contributed by atoms with van der Waals surface area (Å²) in [5.74, 6) is 0.985. The number of ether oxygens (including phenoxy) is 3. The molecule has 3 aromatic rings. The van der Waals surface area contributed by atoms with Gasteiger partial charge in [0, 0.05) is 37.6 Å². The Morgan fingerprint density at radius 2 is 1.92 bits per heavy atom. The number of methoxy groups -OCH3 is 1. The van der Waals surface area contributed by atoms with Crippen LogP contribution in [0.2, 0.25) is 5.02 Å². The monoisotopic (exact) mass is 543 g/mol. The number of morpholine rings is 1. The molecular formula is C27H31ClFN5O4. The van der Waals surface area contributed by atoms with E-state index in [4.69, 9.17) is 25.8 Å². The Bertz CT molecular complexity index is 1300. The molecule has 2 heterocycles. The molecule has 1 aliphatic carbocycles. The third-order valence-corrected chi connectivity index (χ3v) is 7.49. The first kappa shape index (κ1) is 26.2. The van der Waals surface area contributed by atoms with E-state index in [1.807, 2.05) is 22.9 Å². The Balaban J connectivity index is 1.30. The molecule has 2 amide bonds. The molecule has 1 saturated carbocycles. The average molecular weight is 544 g/mol. The molecule has 5 rings (SSSR count). The lowest BCUT2D eigenvalue weighted by atomic mass is 9.92. The van der Waals surface area contributed by atoms with Crippen LogP contribution in [0.4, 0.5) is 20.7 Å². The topological polar surface area (TPSA) is 89.1 Å². The van der Waals surface area contributed by atoms with Gasteiger partial charge in [-0.2, -0.15) is 0 Å². The van der Waals surface area contributed by atoms with Crippen molar-refractivity contribution >= 4 is 40.0 Å². The third kappa shape index (κ3) is 5.56. The second kappa shape index (κ2) is 11.6. The van der Waals surface area contributed by atoms with Gasteiger partial charge >= 0.3 is 6.03 Å². The lowest BCUT2D eigenvalue weighted by molar-refractivity contribution is 0.0369. The van der Waals surface area contributed by atoms with Crippen molar-refractivity contribution in [3.05, 3.63) is 47.5 Å². The number of amides is 2. The molecule has 1 aliphatic heterocycles. The van der Waals surface area contributed by atoms with Crippen LogP contribution in [0.5, 0.6) is 11.5 Å². The summed E-state index contributed by atoms with van der Waals surface area (Å²) in [6, 6.07) is 8.57. The fraction of sp³-hybridized carbons (Fsp3) is 0.444. The molecule has 202 valence electrons. The van der Waals surface area contributed by atoms with Crippen LogP contribution in [0.3, 0.4) is 0 Å². The van der Waals surface area contributed by atoms with Gasteiger partial charge in [-0.3, -0.25) is 0 Å². The summed E-state index contributed by atoms with van der Waals surface area (Å²) in [4.78, 5) is 25.3. The van der Waals surface area contributed by atoms with Gasteiger partial charge in [0.2, 0.25) is 0 Å². The van der Waals surface area contributed by atoms with Crippen LogP contribution >= 0.6 is 11.6 Å². The van der Waals surface area contributed by atoms with Crippen LogP contribution in [0, 0.1) is 5.82 Å². The lowest BCUT2D eigenvalue weighted by Crippen LogP contribution is -2.51. The molecule has 0 bridgehead atoms. The number of carbonyl (C=O) groups is 1. The maximum atomic E-state index is 14.5. The second-order valence-corrected chi connectivity index (χ2v) is 9.92. The number of urea groups is 1. The van der Waals surface area contributed by atoms with Crippen LogP contribution < -0.4 is 14.8 Å². The summed E-state index contributed by atoms with van der Waals surface area (Å²) in [5.41, 5.74) is 0.839. The van der Waals surface area contributed by atoms with Crippen molar-refractivity contribution in [1.29, 1.82) is 0 Å². The van der Waals surface area contributed by atoms with E-state index in [-0.39, 0.29) is 28.9 Å².